The molecule has 0 atom stereocenters. The first-order valence-corrected chi connectivity index (χ1v) is 7.61. The number of nitrogens with one attached hydrogen (secondary N) is 1. The van der Waals surface area contributed by atoms with E-state index in [9.17, 15) is 8.42 Å². The first-order valence-electron chi connectivity index (χ1n) is 5.79. The van der Waals surface area contributed by atoms with Gasteiger partial charge >= 0.3 is 0 Å². The van der Waals surface area contributed by atoms with Crippen molar-refractivity contribution in [3.8, 4) is 0 Å². The third-order valence-corrected chi connectivity index (χ3v) is 5.11. The Labute approximate surface area is 113 Å². The van der Waals surface area contributed by atoms with Crippen molar-refractivity contribution in [2.24, 2.45) is 0 Å². The number of halogens is 1. The minimum absolute atomic E-state index is 0.0479. The summed E-state index contributed by atoms with van der Waals surface area (Å²) in [5.74, 6) is 0. The normalized spacial score (nSPS) is 18.0. The molecule has 0 unspecified atom stereocenters. The summed E-state index contributed by atoms with van der Waals surface area (Å²) in [6.07, 6.45) is 2.01. The Balaban J connectivity index is 2.08. The molecule has 1 N–H and O–H groups in total. The van der Waals surface area contributed by atoms with Crippen LogP contribution in [0, 0.1) is 0 Å². The zero-order valence-electron chi connectivity index (χ0n) is 10.5. The van der Waals surface area contributed by atoms with E-state index < -0.39 is 10.2 Å². The van der Waals surface area contributed by atoms with Gasteiger partial charge in [-0.15, -0.1) is 0 Å². The van der Waals surface area contributed by atoms with E-state index in [1.165, 1.54) is 18.4 Å². The SMILES string of the molecule is CN(C)S(=O)(=O)NCC1(c2ccc(Cl)cc2)CC1. The molecule has 1 saturated carbocycles. The van der Waals surface area contributed by atoms with E-state index in [0.29, 0.717) is 11.6 Å². The van der Waals surface area contributed by atoms with Crippen LogP contribution < -0.4 is 4.72 Å². The van der Waals surface area contributed by atoms with Gasteiger partial charge in [-0.05, 0) is 30.5 Å². The molecule has 0 bridgehead atoms. The molecule has 2 rings (SSSR count). The molecular formula is C12H17ClN2O2S. The molecule has 4 nitrogen and oxygen atoms in total. The van der Waals surface area contributed by atoms with Crippen LogP contribution in [0.1, 0.15) is 18.4 Å². The van der Waals surface area contributed by atoms with E-state index in [2.05, 4.69) is 4.72 Å². The van der Waals surface area contributed by atoms with Gasteiger partial charge in [0.2, 0.25) is 0 Å². The average molecular weight is 289 g/mol. The first kappa shape index (κ1) is 13.8. The third kappa shape index (κ3) is 2.85. The van der Waals surface area contributed by atoms with Crippen LogP contribution in [0.2, 0.25) is 5.02 Å². The number of nitrogens with zero attached hydrogens (tertiary/aromatic N) is 1. The molecule has 0 amide bonds. The van der Waals surface area contributed by atoms with Crippen LogP contribution in [0.15, 0.2) is 24.3 Å². The van der Waals surface area contributed by atoms with Gasteiger partial charge in [0.15, 0.2) is 0 Å². The summed E-state index contributed by atoms with van der Waals surface area (Å²) in [7, 11) is -0.314. The first-order chi connectivity index (χ1) is 8.36. The minimum atomic E-state index is -3.35. The summed E-state index contributed by atoms with van der Waals surface area (Å²) >= 11 is 5.86. The fourth-order valence-corrected chi connectivity index (χ4v) is 2.72. The molecular weight excluding hydrogens is 272 g/mol. The zero-order chi connectivity index (χ0) is 13.4. The van der Waals surface area contributed by atoms with Crippen molar-refractivity contribution in [2.45, 2.75) is 18.3 Å². The van der Waals surface area contributed by atoms with Gasteiger partial charge in [-0.2, -0.15) is 12.7 Å². The molecule has 100 valence electrons. The quantitative estimate of drug-likeness (QED) is 0.898. The van der Waals surface area contributed by atoms with E-state index in [1.807, 2.05) is 24.3 Å². The second-order valence-corrected chi connectivity index (χ2v) is 7.30. The molecule has 6 heteroatoms. The Bertz CT molecular complexity index is 522. The van der Waals surface area contributed by atoms with E-state index in [4.69, 9.17) is 11.6 Å². The second kappa shape index (κ2) is 4.81. The highest BCUT2D eigenvalue weighted by Crippen LogP contribution is 2.47. The van der Waals surface area contributed by atoms with Gasteiger partial charge in [0.25, 0.3) is 10.2 Å². The molecule has 0 aromatic heterocycles. The molecule has 1 aliphatic carbocycles. The van der Waals surface area contributed by atoms with Crippen LogP contribution in [0.3, 0.4) is 0 Å². The lowest BCUT2D eigenvalue weighted by Crippen LogP contribution is -2.39. The summed E-state index contributed by atoms with van der Waals surface area (Å²) < 4.78 is 27.2. The lowest BCUT2D eigenvalue weighted by Gasteiger charge is -2.19. The molecule has 0 saturated heterocycles. The van der Waals surface area contributed by atoms with E-state index in [0.717, 1.165) is 18.4 Å². The molecule has 0 radical (unpaired) electrons. The highest BCUT2D eigenvalue weighted by Gasteiger charge is 2.44. The van der Waals surface area contributed by atoms with Gasteiger partial charge in [-0.1, -0.05) is 23.7 Å². The second-order valence-electron chi connectivity index (χ2n) is 4.90. The smallest absolute Gasteiger partial charge is 0.201 e. The molecule has 18 heavy (non-hydrogen) atoms. The number of rotatable bonds is 5. The van der Waals surface area contributed by atoms with Crippen molar-refractivity contribution in [2.75, 3.05) is 20.6 Å². The lowest BCUT2D eigenvalue weighted by atomic mass is 9.96. The van der Waals surface area contributed by atoms with Crippen LogP contribution in [0.4, 0.5) is 0 Å². The number of hydrogen-bond acceptors (Lipinski definition) is 2. The van der Waals surface area contributed by atoms with Gasteiger partial charge in [-0.25, -0.2) is 4.72 Å². The maximum Gasteiger partial charge on any atom is 0.278 e. The Morgan fingerprint density at radius 3 is 2.28 bits per heavy atom. The average Bonchev–Trinajstić information content (AvgIpc) is 3.08. The maximum absolute atomic E-state index is 11.7. The molecule has 1 fully saturated rings. The third-order valence-electron chi connectivity index (χ3n) is 3.38. The molecule has 1 aromatic carbocycles. The van der Waals surface area contributed by atoms with Crippen molar-refractivity contribution in [1.82, 2.24) is 9.03 Å². The Hall–Kier alpha value is -0.620. The predicted octanol–water partition coefficient (Wildman–Crippen LogP) is 1.77. The Morgan fingerprint density at radius 1 is 1.28 bits per heavy atom. The fourth-order valence-electron chi connectivity index (χ4n) is 1.88. The van der Waals surface area contributed by atoms with Gasteiger partial charge in [-0.3, -0.25) is 0 Å². The van der Waals surface area contributed by atoms with Crippen LogP contribution in [0.5, 0.6) is 0 Å². The fraction of sp³-hybridized carbons (Fsp3) is 0.500. The topological polar surface area (TPSA) is 49.4 Å². The minimum Gasteiger partial charge on any atom is -0.201 e. The highest BCUT2D eigenvalue weighted by molar-refractivity contribution is 7.87. The van der Waals surface area contributed by atoms with E-state index in [1.54, 1.807) is 0 Å². The predicted molar refractivity (Wildman–Crippen MR) is 73.0 cm³/mol. The van der Waals surface area contributed by atoms with E-state index in [-0.39, 0.29) is 5.41 Å². The maximum atomic E-state index is 11.7. The zero-order valence-corrected chi connectivity index (χ0v) is 12.1. The summed E-state index contributed by atoms with van der Waals surface area (Å²) in [6.45, 7) is 0.440. The van der Waals surface area contributed by atoms with Crippen molar-refractivity contribution in [3.05, 3.63) is 34.9 Å². The number of benzene rings is 1. The summed E-state index contributed by atoms with van der Waals surface area (Å²) in [5.41, 5.74) is 1.10. The summed E-state index contributed by atoms with van der Waals surface area (Å²) in [5, 5.41) is 0.698. The van der Waals surface area contributed by atoms with Gasteiger partial charge in [0.05, 0.1) is 0 Å². The van der Waals surface area contributed by atoms with Crippen LogP contribution >= 0.6 is 11.6 Å². The molecule has 1 aromatic rings. The van der Waals surface area contributed by atoms with Crippen LogP contribution in [0.25, 0.3) is 0 Å². The van der Waals surface area contributed by atoms with Crippen molar-refractivity contribution >= 4 is 21.8 Å². The Kier molecular flexibility index (Phi) is 3.69. The van der Waals surface area contributed by atoms with Crippen LogP contribution in [-0.2, 0) is 15.6 Å². The summed E-state index contributed by atoms with van der Waals surface area (Å²) in [6, 6.07) is 7.63. The van der Waals surface area contributed by atoms with Crippen LogP contribution in [-0.4, -0.2) is 33.4 Å². The Morgan fingerprint density at radius 2 is 1.83 bits per heavy atom. The van der Waals surface area contributed by atoms with Gasteiger partial charge < -0.3 is 0 Å². The van der Waals surface area contributed by atoms with Gasteiger partial charge in [0.1, 0.15) is 0 Å². The number of hydrogen-bond donors (Lipinski definition) is 1. The van der Waals surface area contributed by atoms with Crippen molar-refractivity contribution in [1.29, 1.82) is 0 Å². The standard InChI is InChI=1S/C12H17ClN2O2S/c1-15(2)18(16,17)14-9-12(7-8-12)10-3-5-11(13)6-4-10/h3-6,14H,7-9H2,1-2H3. The van der Waals surface area contributed by atoms with Gasteiger partial charge in [0, 0.05) is 31.1 Å². The largest absolute Gasteiger partial charge is 0.278 e. The molecule has 1 aliphatic rings. The monoisotopic (exact) mass is 288 g/mol. The molecule has 0 spiro atoms. The lowest BCUT2D eigenvalue weighted by molar-refractivity contribution is 0.497. The molecule has 0 heterocycles. The van der Waals surface area contributed by atoms with E-state index >= 15 is 0 Å². The van der Waals surface area contributed by atoms with Crippen molar-refractivity contribution in [3.63, 3.8) is 0 Å². The molecule has 0 aliphatic heterocycles. The highest BCUT2D eigenvalue weighted by atomic mass is 35.5. The van der Waals surface area contributed by atoms with Crippen molar-refractivity contribution < 1.29 is 8.42 Å². The summed E-state index contributed by atoms with van der Waals surface area (Å²) in [4.78, 5) is 0.